The molecule has 0 bridgehead atoms. The first kappa shape index (κ1) is 14.8. The Kier molecular flexibility index (Phi) is 4.61. The molecule has 0 saturated carbocycles. The van der Waals surface area contributed by atoms with E-state index in [1.807, 2.05) is 30.3 Å². The normalized spacial score (nSPS) is 16.9. The fourth-order valence-corrected chi connectivity index (χ4v) is 2.68. The van der Waals surface area contributed by atoms with Crippen LogP contribution in [-0.2, 0) is 21.4 Å². The molecule has 1 aromatic rings. The first-order chi connectivity index (χ1) is 9.47. The molecule has 20 heavy (non-hydrogen) atoms. The van der Waals surface area contributed by atoms with Crippen LogP contribution in [0, 0.1) is 6.26 Å². The molecule has 0 aromatic heterocycles. The molecule has 0 atom stereocenters. The Bertz CT molecular complexity index is 551. The van der Waals surface area contributed by atoms with Crippen LogP contribution in [0.3, 0.4) is 0 Å². The molecule has 1 aromatic carbocycles. The average molecular weight is 297 g/mol. The van der Waals surface area contributed by atoms with Gasteiger partial charge in [-0.05, 0) is 5.56 Å². The molecule has 1 saturated heterocycles. The Balaban J connectivity index is 1.80. The second kappa shape index (κ2) is 6.23. The van der Waals surface area contributed by atoms with Crippen LogP contribution >= 0.6 is 0 Å². The topological polar surface area (TPSA) is 66.9 Å². The molecule has 6 nitrogen and oxygen atoms in total. The van der Waals surface area contributed by atoms with Gasteiger partial charge in [-0.15, -0.1) is 0 Å². The van der Waals surface area contributed by atoms with Crippen LogP contribution in [0.5, 0.6) is 0 Å². The van der Waals surface area contributed by atoms with Crippen LogP contribution < -0.4 is 0 Å². The zero-order chi connectivity index (χ0) is 14.6. The summed E-state index contributed by atoms with van der Waals surface area (Å²) >= 11 is 0. The van der Waals surface area contributed by atoms with E-state index in [1.165, 1.54) is 9.21 Å². The fraction of sp³-hybridized carbons (Fsp3) is 0.385. The molecule has 1 aliphatic heterocycles. The Morgan fingerprint density at radius 2 is 1.75 bits per heavy atom. The summed E-state index contributed by atoms with van der Waals surface area (Å²) < 4.78 is 29.0. The van der Waals surface area contributed by atoms with Crippen molar-refractivity contribution in [2.24, 2.45) is 0 Å². The Morgan fingerprint density at radius 3 is 2.30 bits per heavy atom. The van der Waals surface area contributed by atoms with Crippen molar-refractivity contribution in [2.45, 2.75) is 6.61 Å². The molecule has 0 aliphatic carbocycles. The third-order valence-electron chi connectivity index (χ3n) is 3.10. The summed E-state index contributed by atoms with van der Waals surface area (Å²) in [5.74, 6) is 0. The molecule has 1 amide bonds. The van der Waals surface area contributed by atoms with Gasteiger partial charge in [0.1, 0.15) is 6.61 Å². The van der Waals surface area contributed by atoms with E-state index in [2.05, 4.69) is 6.26 Å². The van der Waals surface area contributed by atoms with E-state index in [0.29, 0.717) is 13.1 Å². The highest BCUT2D eigenvalue weighted by molar-refractivity contribution is 7.90. The molecular formula is C13H17N2O4S. The Hall–Kier alpha value is -1.60. The third kappa shape index (κ3) is 3.94. The quantitative estimate of drug-likeness (QED) is 0.837. The lowest BCUT2D eigenvalue weighted by Gasteiger charge is -2.32. The summed E-state index contributed by atoms with van der Waals surface area (Å²) in [5.41, 5.74) is 0.917. The van der Waals surface area contributed by atoms with Gasteiger partial charge in [-0.3, -0.25) is 0 Å². The van der Waals surface area contributed by atoms with Crippen LogP contribution in [0.1, 0.15) is 5.56 Å². The van der Waals surface area contributed by atoms with Gasteiger partial charge in [-0.25, -0.2) is 13.2 Å². The van der Waals surface area contributed by atoms with Crippen LogP contribution in [-0.4, -0.2) is 49.9 Å². The lowest BCUT2D eigenvalue weighted by molar-refractivity contribution is 0.0839. The van der Waals surface area contributed by atoms with Crippen molar-refractivity contribution in [2.75, 3.05) is 26.2 Å². The molecule has 1 fully saturated rings. The maximum absolute atomic E-state index is 11.8. The standard InChI is InChI=1S/C13H17N2O4S/c1-20(17,18)15-9-7-14(8-10-15)13(16)19-11-12-5-3-2-4-6-12/h2-6H,1,7-11H2. The third-order valence-corrected chi connectivity index (χ3v) is 4.25. The smallest absolute Gasteiger partial charge is 0.410 e. The van der Waals surface area contributed by atoms with Gasteiger partial charge in [0.05, 0.1) is 6.26 Å². The lowest BCUT2D eigenvalue weighted by atomic mass is 10.2. The van der Waals surface area contributed by atoms with Crippen LogP contribution in [0.4, 0.5) is 4.79 Å². The number of hydrogen-bond donors (Lipinski definition) is 0. The highest BCUT2D eigenvalue weighted by Crippen LogP contribution is 2.09. The number of hydrogen-bond acceptors (Lipinski definition) is 4. The summed E-state index contributed by atoms with van der Waals surface area (Å²) in [6.45, 7) is 1.37. The van der Waals surface area contributed by atoms with Gasteiger partial charge in [0.15, 0.2) is 0 Å². The van der Waals surface area contributed by atoms with Crippen molar-refractivity contribution in [1.82, 2.24) is 9.21 Å². The van der Waals surface area contributed by atoms with E-state index >= 15 is 0 Å². The molecule has 0 spiro atoms. The molecular weight excluding hydrogens is 280 g/mol. The fourth-order valence-electron chi connectivity index (χ4n) is 1.96. The first-order valence-electron chi connectivity index (χ1n) is 6.25. The number of ether oxygens (including phenoxy) is 1. The maximum Gasteiger partial charge on any atom is 0.410 e. The molecule has 2 rings (SSSR count). The maximum atomic E-state index is 11.8. The first-order valence-corrected chi connectivity index (χ1v) is 7.86. The summed E-state index contributed by atoms with van der Waals surface area (Å²) in [7, 11) is -3.43. The van der Waals surface area contributed by atoms with E-state index in [4.69, 9.17) is 4.74 Å². The molecule has 0 unspecified atom stereocenters. The monoisotopic (exact) mass is 297 g/mol. The van der Waals surface area contributed by atoms with Crippen molar-refractivity contribution in [1.29, 1.82) is 0 Å². The number of benzene rings is 1. The highest BCUT2D eigenvalue weighted by Gasteiger charge is 2.26. The second-order valence-corrected chi connectivity index (χ2v) is 6.22. The van der Waals surface area contributed by atoms with Crippen molar-refractivity contribution in [3.05, 3.63) is 42.2 Å². The summed E-state index contributed by atoms with van der Waals surface area (Å²) in [5, 5.41) is 0. The molecule has 7 heteroatoms. The van der Waals surface area contributed by atoms with Gasteiger partial charge in [0.2, 0.25) is 10.0 Å². The minimum Gasteiger partial charge on any atom is -0.445 e. The van der Waals surface area contributed by atoms with Gasteiger partial charge in [-0.1, -0.05) is 30.3 Å². The number of rotatable bonds is 3. The highest BCUT2D eigenvalue weighted by atomic mass is 32.2. The van der Waals surface area contributed by atoms with Crippen LogP contribution in [0.2, 0.25) is 0 Å². The predicted molar refractivity (Wildman–Crippen MR) is 74.0 cm³/mol. The van der Waals surface area contributed by atoms with Gasteiger partial charge in [0, 0.05) is 26.2 Å². The molecule has 1 heterocycles. The predicted octanol–water partition coefficient (Wildman–Crippen LogP) is 1.06. The molecule has 109 valence electrons. The number of piperazine rings is 1. The zero-order valence-corrected chi connectivity index (χ0v) is 11.9. The minimum absolute atomic E-state index is 0.216. The number of sulfonamides is 1. The molecule has 1 radical (unpaired) electrons. The second-order valence-electron chi connectivity index (χ2n) is 4.54. The Morgan fingerprint density at radius 1 is 1.15 bits per heavy atom. The SMILES string of the molecule is [CH2]S(=O)(=O)N1CCN(C(=O)OCc2ccccc2)CC1. The molecule has 1 aliphatic rings. The van der Waals surface area contributed by atoms with Gasteiger partial charge < -0.3 is 9.64 Å². The van der Waals surface area contributed by atoms with Crippen molar-refractivity contribution in [3.8, 4) is 0 Å². The summed E-state index contributed by atoms with van der Waals surface area (Å²) in [6, 6.07) is 9.40. The van der Waals surface area contributed by atoms with E-state index in [9.17, 15) is 13.2 Å². The van der Waals surface area contributed by atoms with E-state index < -0.39 is 16.1 Å². The van der Waals surface area contributed by atoms with Crippen molar-refractivity contribution >= 4 is 16.1 Å². The van der Waals surface area contributed by atoms with Crippen molar-refractivity contribution in [3.63, 3.8) is 0 Å². The van der Waals surface area contributed by atoms with Crippen molar-refractivity contribution < 1.29 is 17.9 Å². The van der Waals surface area contributed by atoms with E-state index in [0.717, 1.165) is 5.56 Å². The van der Waals surface area contributed by atoms with E-state index in [1.54, 1.807) is 0 Å². The summed E-state index contributed by atoms with van der Waals surface area (Å²) in [4.78, 5) is 13.4. The lowest BCUT2D eigenvalue weighted by Crippen LogP contribution is -2.50. The van der Waals surface area contributed by atoms with E-state index in [-0.39, 0.29) is 19.7 Å². The molecule has 0 N–H and O–H groups in total. The van der Waals surface area contributed by atoms with Gasteiger partial charge in [-0.2, -0.15) is 4.31 Å². The number of carbonyl (C=O) groups is 1. The number of carbonyl (C=O) groups excluding carboxylic acids is 1. The Labute approximate surface area is 119 Å². The van der Waals surface area contributed by atoms with Gasteiger partial charge >= 0.3 is 6.09 Å². The number of nitrogens with zero attached hydrogens (tertiary/aromatic N) is 2. The minimum atomic E-state index is -3.43. The zero-order valence-electron chi connectivity index (χ0n) is 11.1. The van der Waals surface area contributed by atoms with Crippen LogP contribution in [0.15, 0.2) is 30.3 Å². The van der Waals surface area contributed by atoms with Gasteiger partial charge in [0.25, 0.3) is 0 Å². The largest absolute Gasteiger partial charge is 0.445 e. The average Bonchev–Trinajstić information content (AvgIpc) is 2.45. The summed E-state index contributed by atoms with van der Waals surface area (Å²) in [6.07, 6.45) is 2.68. The van der Waals surface area contributed by atoms with Crippen LogP contribution in [0.25, 0.3) is 0 Å². The number of amides is 1.